The van der Waals surface area contributed by atoms with Gasteiger partial charge in [-0.3, -0.25) is 0 Å². The fourth-order valence-corrected chi connectivity index (χ4v) is 1.58. The van der Waals surface area contributed by atoms with Gasteiger partial charge in [0.15, 0.2) is 0 Å². The van der Waals surface area contributed by atoms with E-state index in [-0.39, 0.29) is 5.38 Å². The Hall–Kier alpha value is -0.340. The van der Waals surface area contributed by atoms with Gasteiger partial charge in [0.05, 0.1) is 0 Å². The van der Waals surface area contributed by atoms with Gasteiger partial charge in [0.2, 0.25) is 0 Å². The number of alkyl halides is 1. The van der Waals surface area contributed by atoms with Crippen LogP contribution in [0.3, 0.4) is 0 Å². The summed E-state index contributed by atoms with van der Waals surface area (Å²) in [5.41, 5.74) is 1.16. The van der Waals surface area contributed by atoms with Gasteiger partial charge in [0.25, 0.3) is 0 Å². The third kappa shape index (κ3) is 3.92. The lowest BCUT2D eigenvalue weighted by atomic mass is 10.1. The predicted octanol–water partition coefficient (Wildman–Crippen LogP) is 3.19. The average Bonchev–Trinajstić information content (AvgIpc) is 2.09. The third-order valence-electron chi connectivity index (χ3n) is 1.72. The van der Waals surface area contributed by atoms with Crippen LogP contribution in [0.15, 0.2) is 28.7 Å². The van der Waals surface area contributed by atoms with Crippen molar-refractivity contribution in [3.8, 4) is 0 Å². The largest absolute Gasteiger partial charge is 0.303 e. The van der Waals surface area contributed by atoms with E-state index < -0.39 is 0 Å². The second kappa shape index (κ2) is 5.40. The molecule has 0 aliphatic heterocycles. The van der Waals surface area contributed by atoms with E-state index in [1.54, 1.807) is 0 Å². The molecule has 0 aromatic heterocycles. The van der Waals surface area contributed by atoms with Crippen molar-refractivity contribution in [1.29, 1.82) is 0 Å². The van der Waals surface area contributed by atoms with Crippen LogP contribution in [0, 0.1) is 0 Å². The molecular weight excluding hydrogens is 251 g/mol. The molecule has 1 rings (SSSR count). The molecule has 3 heteroatoms. The minimum absolute atomic E-state index is 0.0846. The fourth-order valence-electron chi connectivity index (χ4n) is 1.06. The van der Waals surface area contributed by atoms with Gasteiger partial charge in [-0.15, -0.1) is 11.6 Å². The number of carbonyl (C=O) groups excluding carboxylic acids is 1. The quantitative estimate of drug-likeness (QED) is 0.601. The zero-order valence-electron chi connectivity index (χ0n) is 7.04. The van der Waals surface area contributed by atoms with E-state index >= 15 is 0 Å². The Morgan fingerprint density at radius 2 is 2.00 bits per heavy atom. The first-order valence-corrected chi connectivity index (χ1v) is 5.27. The lowest BCUT2D eigenvalue weighted by Gasteiger charge is -2.05. The van der Waals surface area contributed by atoms with Crippen molar-refractivity contribution < 1.29 is 4.79 Å². The van der Waals surface area contributed by atoms with E-state index in [1.807, 2.05) is 24.3 Å². The second-order valence-corrected chi connectivity index (χ2v) is 4.36. The molecule has 1 aromatic rings. The first-order valence-electron chi connectivity index (χ1n) is 4.04. The third-order valence-corrected chi connectivity index (χ3v) is 2.58. The van der Waals surface area contributed by atoms with Crippen molar-refractivity contribution >= 4 is 33.8 Å². The summed E-state index contributed by atoms with van der Waals surface area (Å²) < 4.78 is 1.05. The lowest BCUT2D eigenvalue weighted by molar-refractivity contribution is -0.107. The summed E-state index contributed by atoms with van der Waals surface area (Å²) in [6, 6.07) is 7.95. The van der Waals surface area contributed by atoms with Gasteiger partial charge in [-0.1, -0.05) is 28.1 Å². The van der Waals surface area contributed by atoms with Gasteiger partial charge < -0.3 is 4.79 Å². The molecule has 70 valence electrons. The number of carbonyl (C=O) groups is 1. The normalized spacial score (nSPS) is 12.5. The average molecular weight is 262 g/mol. The number of benzene rings is 1. The first-order chi connectivity index (χ1) is 6.22. The van der Waals surface area contributed by atoms with Gasteiger partial charge in [0.1, 0.15) is 6.29 Å². The first kappa shape index (κ1) is 10.7. The summed E-state index contributed by atoms with van der Waals surface area (Å²) >= 11 is 9.27. The Kier molecular flexibility index (Phi) is 4.46. The SMILES string of the molecule is O=CCC(Cl)Cc1ccc(Br)cc1. The van der Waals surface area contributed by atoms with Crippen molar-refractivity contribution in [2.45, 2.75) is 18.2 Å². The zero-order valence-corrected chi connectivity index (χ0v) is 9.38. The van der Waals surface area contributed by atoms with Crippen molar-refractivity contribution in [3.63, 3.8) is 0 Å². The van der Waals surface area contributed by atoms with Crippen LogP contribution in [-0.4, -0.2) is 11.7 Å². The maximum Gasteiger partial charge on any atom is 0.121 e. The molecule has 0 aliphatic rings. The van der Waals surface area contributed by atoms with Crippen LogP contribution in [0.5, 0.6) is 0 Å². The minimum Gasteiger partial charge on any atom is -0.303 e. The van der Waals surface area contributed by atoms with Crippen LogP contribution in [-0.2, 0) is 11.2 Å². The Morgan fingerprint density at radius 1 is 1.38 bits per heavy atom. The smallest absolute Gasteiger partial charge is 0.121 e. The van der Waals surface area contributed by atoms with Gasteiger partial charge in [-0.05, 0) is 24.1 Å². The van der Waals surface area contributed by atoms with Crippen LogP contribution >= 0.6 is 27.5 Å². The van der Waals surface area contributed by atoms with Crippen molar-refractivity contribution in [2.24, 2.45) is 0 Å². The van der Waals surface area contributed by atoms with Crippen molar-refractivity contribution in [1.82, 2.24) is 0 Å². The topological polar surface area (TPSA) is 17.1 Å². The molecule has 0 saturated heterocycles. The van der Waals surface area contributed by atoms with E-state index in [2.05, 4.69) is 15.9 Å². The monoisotopic (exact) mass is 260 g/mol. The van der Waals surface area contributed by atoms with Crippen molar-refractivity contribution in [3.05, 3.63) is 34.3 Å². The second-order valence-electron chi connectivity index (χ2n) is 2.83. The summed E-state index contributed by atoms with van der Waals surface area (Å²) in [5, 5.41) is -0.0846. The molecule has 0 radical (unpaired) electrons. The molecule has 0 N–H and O–H groups in total. The number of hydrogen-bond donors (Lipinski definition) is 0. The molecular formula is C10H10BrClO. The number of rotatable bonds is 4. The lowest BCUT2D eigenvalue weighted by Crippen LogP contribution is -2.03. The van der Waals surface area contributed by atoms with E-state index in [1.165, 1.54) is 0 Å². The molecule has 0 spiro atoms. The van der Waals surface area contributed by atoms with Gasteiger partial charge in [0, 0.05) is 16.3 Å². The summed E-state index contributed by atoms with van der Waals surface area (Å²) in [5.74, 6) is 0. The Morgan fingerprint density at radius 3 is 2.54 bits per heavy atom. The molecule has 0 fully saturated rings. The summed E-state index contributed by atoms with van der Waals surface area (Å²) in [4.78, 5) is 10.2. The molecule has 0 heterocycles. The highest BCUT2D eigenvalue weighted by Crippen LogP contribution is 2.14. The molecule has 0 bridgehead atoms. The minimum atomic E-state index is -0.0846. The molecule has 1 unspecified atom stereocenters. The van der Waals surface area contributed by atoms with E-state index in [0.29, 0.717) is 6.42 Å². The molecule has 0 saturated carbocycles. The van der Waals surface area contributed by atoms with Crippen LogP contribution in [0.4, 0.5) is 0 Å². The Bertz CT molecular complexity index is 271. The van der Waals surface area contributed by atoms with Crippen LogP contribution in [0.2, 0.25) is 0 Å². The fraction of sp³-hybridized carbons (Fsp3) is 0.300. The molecule has 13 heavy (non-hydrogen) atoms. The van der Waals surface area contributed by atoms with E-state index in [0.717, 1.165) is 22.7 Å². The van der Waals surface area contributed by atoms with Gasteiger partial charge >= 0.3 is 0 Å². The molecule has 1 aromatic carbocycles. The zero-order chi connectivity index (χ0) is 9.68. The predicted molar refractivity (Wildman–Crippen MR) is 58.2 cm³/mol. The summed E-state index contributed by atoms with van der Waals surface area (Å²) in [7, 11) is 0. The highest BCUT2D eigenvalue weighted by molar-refractivity contribution is 9.10. The number of halogens is 2. The Balaban J connectivity index is 2.53. The summed E-state index contributed by atoms with van der Waals surface area (Å²) in [6.07, 6.45) is 2.02. The number of hydrogen-bond acceptors (Lipinski definition) is 1. The van der Waals surface area contributed by atoms with Crippen LogP contribution in [0.25, 0.3) is 0 Å². The maximum absolute atomic E-state index is 10.2. The Labute approximate surface area is 91.2 Å². The van der Waals surface area contributed by atoms with Gasteiger partial charge in [-0.2, -0.15) is 0 Å². The van der Waals surface area contributed by atoms with Crippen LogP contribution in [0.1, 0.15) is 12.0 Å². The standard InChI is InChI=1S/C10H10BrClO/c11-9-3-1-8(2-4-9)7-10(12)5-6-13/h1-4,6,10H,5,7H2. The number of aldehydes is 1. The molecule has 0 aliphatic carbocycles. The molecule has 0 amide bonds. The molecule has 1 nitrogen and oxygen atoms in total. The highest BCUT2D eigenvalue weighted by atomic mass is 79.9. The molecule has 1 atom stereocenters. The van der Waals surface area contributed by atoms with Crippen LogP contribution < -0.4 is 0 Å². The van der Waals surface area contributed by atoms with Gasteiger partial charge in [-0.25, -0.2) is 0 Å². The highest BCUT2D eigenvalue weighted by Gasteiger charge is 2.04. The van der Waals surface area contributed by atoms with E-state index in [9.17, 15) is 4.79 Å². The van der Waals surface area contributed by atoms with E-state index in [4.69, 9.17) is 11.6 Å². The van der Waals surface area contributed by atoms with Crippen molar-refractivity contribution in [2.75, 3.05) is 0 Å². The summed E-state index contributed by atoms with van der Waals surface area (Å²) in [6.45, 7) is 0. The maximum atomic E-state index is 10.2.